The van der Waals surface area contributed by atoms with Crippen molar-refractivity contribution in [1.29, 1.82) is 0 Å². The number of aliphatic carboxylic acids is 1. The van der Waals surface area contributed by atoms with Crippen molar-refractivity contribution in [2.75, 3.05) is 20.2 Å². The minimum absolute atomic E-state index is 0.0649. The fraction of sp³-hybridized carbons (Fsp3) is 0.900. The molecule has 0 radical (unpaired) electrons. The molecule has 0 saturated heterocycles. The Balaban J connectivity index is 4.04. The molecule has 0 bridgehead atoms. The second-order valence-electron chi connectivity index (χ2n) is 3.58. The van der Waals surface area contributed by atoms with Gasteiger partial charge in [-0.25, -0.2) is 0 Å². The molecule has 0 aliphatic rings. The van der Waals surface area contributed by atoms with Crippen molar-refractivity contribution in [3.63, 3.8) is 0 Å². The second-order valence-corrected chi connectivity index (χ2v) is 3.58. The number of nitrogens with zero attached hydrogens (tertiary/aromatic N) is 1. The third-order valence-electron chi connectivity index (χ3n) is 2.39. The van der Waals surface area contributed by atoms with Gasteiger partial charge in [-0.15, -0.1) is 0 Å². The van der Waals surface area contributed by atoms with Crippen molar-refractivity contribution in [3.8, 4) is 0 Å². The van der Waals surface area contributed by atoms with Crippen molar-refractivity contribution >= 4 is 5.97 Å². The van der Waals surface area contributed by atoms with E-state index in [9.17, 15) is 4.79 Å². The molecule has 1 N–H and O–H groups in total. The van der Waals surface area contributed by atoms with Gasteiger partial charge in [0.1, 0.15) is 0 Å². The average Bonchev–Trinajstić information content (AvgIpc) is 2.12. The number of hydrogen-bond acceptors (Lipinski definition) is 3. The van der Waals surface area contributed by atoms with Gasteiger partial charge in [-0.05, 0) is 20.4 Å². The molecule has 0 rings (SSSR count). The van der Waals surface area contributed by atoms with E-state index < -0.39 is 5.97 Å². The number of ether oxygens (including phenoxy) is 1. The van der Waals surface area contributed by atoms with Crippen LogP contribution in [-0.2, 0) is 9.53 Å². The van der Waals surface area contributed by atoms with E-state index in [1.54, 1.807) is 7.11 Å². The number of carbonyl (C=O) groups is 1. The Labute approximate surface area is 85.9 Å². The molecule has 14 heavy (non-hydrogen) atoms. The fourth-order valence-electron chi connectivity index (χ4n) is 1.41. The van der Waals surface area contributed by atoms with Crippen LogP contribution in [0.4, 0.5) is 0 Å². The third-order valence-corrected chi connectivity index (χ3v) is 2.39. The monoisotopic (exact) mass is 203 g/mol. The molecule has 0 saturated carbocycles. The molecular weight excluding hydrogens is 182 g/mol. The van der Waals surface area contributed by atoms with E-state index in [-0.39, 0.29) is 18.6 Å². The van der Waals surface area contributed by atoms with Crippen LogP contribution in [0.5, 0.6) is 0 Å². The van der Waals surface area contributed by atoms with Gasteiger partial charge in [0.2, 0.25) is 0 Å². The van der Waals surface area contributed by atoms with Crippen LogP contribution >= 0.6 is 0 Å². The molecule has 0 aromatic heterocycles. The van der Waals surface area contributed by atoms with Crippen LogP contribution in [0.15, 0.2) is 0 Å². The summed E-state index contributed by atoms with van der Waals surface area (Å²) in [5.74, 6) is -0.749. The number of carboxylic acid groups (broad SMARTS) is 1. The van der Waals surface area contributed by atoms with Crippen molar-refractivity contribution in [2.24, 2.45) is 0 Å². The fourth-order valence-corrected chi connectivity index (χ4v) is 1.41. The van der Waals surface area contributed by atoms with Gasteiger partial charge in [0, 0.05) is 19.7 Å². The van der Waals surface area contributed by atoms with Crippen molar-refractivity contribution in [2.45, 2.75) is 39.3 Å². The average molecular weight is 203 g/mol. The molecule has 0 aromatic rings. The largest absolute Gasteiger partial charge is 0.481 e. The number of rotatable bonds is 7. The zero-order valence-electron chi connectivity index (χ0n) is 9.49. The lowest BCUT2D eigenvalue weighted by Crippen LogP contribution is -2.39. The number of methoxy groups -OCH3 is 1. The Kier molecular flexibility index (Phi) is 6.49. The van der Waals surface area contributed by atoms with Crippen molar-refractivity contribution in [3.05, 3.63) is 0 Å². The molecule has 2 atom stereocenters. The molecule has 0 aromatic carbocycles. The first-order valence-corrected chi connectivity index (χ1v) is 4.99. The summed E-state index contributed by atoms with van der Waals surface area (Å²) in [5.41, 5.74) is 0. The molecule has 0 aliphatic carbocycles. The maximum Gasteiger partial charge on any atom is 0.304 e. The predicted molar refractivity (Wildman–Crippen MR) is 55.4 cm³/mol. The molecule has 4 nitrogen and oxygen atoms in total. The van der Waals surface area contributed by atoms with E-state index >= 15 is 0 Å². The zero-order valence-corrected chi connectivity index (χ0v) is 9.49. The van der Waals surface area contributed by atoms with Gasteiger partial charge in [0.15, 0.2) is 0 Å². The first kappa shape index (κ1) is 13.4. The van der Waals surface area contributed by atoms with Gasteiger partial charge < -0.3 is 9.84 Å². The molecule has 4 heteroatoms. The first-order chi connectivity index (χ1) is 6.51. The topological polar surface area (TPSA) is 49.8 Å². The summed E-state index contributed by atoms with van der Waals surface area (Å²) < 4.78 is 5.15. The minimum atomic E-state index is -0.749. The number of hydrogen-bond donors (Lipinski definition) is 1. The maximum atomic E-state index is 10.5. The molecule has 0 heterocycles. The van der Waals surface area contributed by atoms with E-state index in [2.05, 4.69) is 4.90 Å². The van der Waals surface area contributed by atoms with Gasteiger partial charge in [-0.3, -0.25) is 9.69 Å². The molecule has 2 unspecified atom stereocenters. The van der Waals surface area contributed by atoms with Crippen LogP contribution in [0.2, 0.25) is 0 Å². The summed E-state index contributed by atoms with van der Waals surface area (Å²) in [6, 6.07) is 0.0649. The quantitative estimate of drug-likeness (QED) is 0.675. The van der Waals surface area contributed by atoms with Crippen molar-refractivity contribution < 1.29 is 14.6 Å². The van der Waals surface area contributed by atoms with Crippen molar-refractivity contribution in [1.82, 2.24) is 4.90 Å². The van der Waals surface area contributed by atoms with Crippen LogP contribution in [-0.4, -0.2) is 48.3 Å². The van der Waals surface area contributed by atoms with Crippen LogP contribution in [0.1, 0.15) is 27.2 Å². The highest BCUT2D eigenvalue weighted by molar-refractivity contribution is 5.67. The lowest BCUT2D eigenvalue weighted by molar-refractivity contribution is -0.138. The maximum absolute atomic E-state index is 10.5. The van der Waals surface area contributed by atoms with E-state index in [1.807, 2.05) is 20.8 Å². The highest BCUT2D eigenvalue weighted by Crippen LogP contribution is 2.05. The van der Waals surface area contributed by atoms with Crippen LogP contribution in [0, 0.1) is 0 Å². The Hall–Kier alpha value is -0.610. The lowest BCUT2D eigenvalue weighted by Gasteiger charge is -2.28. The Morgan fingerprint density at radius 2 is 2.07 bits per heavy atom. The normalized spacial score (nSPS) is 15.5. The minimum Gasteiger partial charge on any atom is -0.481 e. The molecule has 0 spiro atoms. The summed E-state index contributed by atoms with van der Waals surface area (Å²) >= 11 is 0. The molecule has 84 valence electrons. The van der Waals surface area contributed by atoms with Gasteiger partial charge in [-0.1, -0.05) is 6.92 Å². The van der Waals surface area contributed by atoms with Crippen LogP contribution in [0.25, 0.3) is 0 Å². The summed E-state index contributed by atoms with van der Waals surface area (Å²) in [6.45, 7) is 7.57. The molecular formula is C10H21NO3. The summed E-state index contributed by atoms with van der Waals surface area (Å²) in [5, 5.41) is 8.66. The highest BCUT2D eigenvalue weighted by Gasteiger charge is 2.17. The van der Waals surface area contributed by atoms with Gasteiger partial charge in [-0.2, -0.15) is 0 Å². The summed E-state index contributed by atoms with van der Waals surface area (Å²) in [6.07, 6.45) is 0.329. The van der Waals surface area contributed by atoms with Gasteiger partial charge >= 0.3 is 5.97 Å². The molecule has 0 amide bonds. The van der Waals surface area contributed by atoms with Crippen LogP contribution in [0.3, 0.4) is 0 Å². The third kappa shape index (κ3) is 5.19. The second kappa shape index (κ2) is 6.79. The molecule has 0 aliphatic heterocycles. The first-order valence-electron chi connectivity index (χ1n) is 4.99. The van der Waals surface area contributed by atoms with E-state index in [1.165, 1.54) is 0 Å². The van der Waals surface area contributed by atoms with E-state index in [0.29, 0.717) is 0 Å². The predicted octanol–water partition coefficient (Wildman–Crippen LogP) is 1.21. The zero-order chi connectivity index (χ0) is 11.1. The smallest absolute Gasteiger partial charge is 0.304 e. The molecule has 0 fully saturated rings. The van der Waals surface area contributed by atoms with E-state index in [0.717, 1.165) is 13.1 Å². The van der Waals surface area contributed by atoms with Gasteiger partial charge in [0.25, 0.3) is 0 Å². The number of carboxylic acids is 1. The summed E-state index contributed by atoms with van der Waals surface area (Å²) in [7, 11) is 1.67. The van der Waals surface area contributed by atoms with Crippen LogP contribution < -0.4 is 0 Å². The number of likely N-dealkylation sites (N-methyl/N-ethyl adjacent to an activating group) is 1. The van der Waals surface area contributed by atoms with Gasteiger partial charge in [0.05, 0.1) is 12.5 Å². The van der Waals surface area contributed by atoms with E-state index in [4.69, 9.17) is 9.84 Å². The lowest BCUT2D eigenvalue weighted by atomic mass is 10.2. The Morgan fingerprint density at radius 3 is 2.43 bits per heavy atom. The Bertz CT molecular complexity index is 173. The SMILES string of the molecule is CCN(CC(C)OC)C(C)CC(=O)O. The Morgan fingerprint density at radius 1 is 1.50 bits per heavy atom. The summed E-state index contributed by atoms with van der Waals surface area (Å²) in [4.78, 5) is 12.6. The standard InChI is InChI=1S/C10H21NO3/c1-5-11(7-9(3)14-4)8(2)6-10(12)13/h8-9H,5-7H2,1-4H3,(H,12,13). The highest BCUT2D eigenvalue weighted by atomic mass is 16.5.